The van der Waals surface area contributed by atoms with Crippen LogP contribution >= 0.6 is 34.3 Å². The lowest BCUT2D eigenvalue weighted by Crippen LogP contribution is -2.19. The smallest absolute Gasteiger partial charge is 0.103 e. The Labute approximate surface area is 151 Å². The van der Waals surface area contributed by atoms with Gasteiger partial charge in [0.2, 0.25) is 0 Å². The lowest BCUT2D eigenvalue weighted by Gasteiger charge is -2.25. The zero-order valence-electron chi connectivity index (χ0n) is 13.8. The summed E-state index contributed by atoms with van der Waals surface area (Å²) in [7, 11) is 0. The van der Waals surface area contributed by atoms with E-state index in [1.165, 1.54) is 20.9 Å². The fourth-order valence-electron chi connectivity index (χ4n) is 2.79. The Hall–Kier alpha value is -1.16. The van der Waals surface area contributed by atoms with Crippen LogP contribution in [0, 0.1) is 6.92 Å². The van der Waals surface area contributed by atoms with Crippen molar-refractivity contribution in [3.63, 3.8) is 0 Å². The monoisotopic (exact) mass is 361 g/mol. The van der Waals surface area contributed by atoms with Crippen molar-refractivity contribution in [2.75, 3.05) is 0 Å². The first kappa shape index (κ1) is 16.7. The summed E-state index contributed by atoms with van der Waals surface area (Å²) in [5.41, 5.74) is 3.57. The minimum atomic E-state index is -0.200. The van der Waals surface area contributed by atoms with Crippen molar-refractivity contribution in [2.45, 2.75) is 39.5 Å². The van der Waals surface area contributed by atoms with Gasteiger partial charge in [0.05, 0.1) is 4.88 Å². The van der Waals surface area contributed by atoms with Crippen molar-refractivity contribution in [1.82, 2.24) is 4.98 Å². The summed E-state index contributed by atoms with van der Waals surface area (Å²) in [6.45, 7) is 8.73. The number of thiophene rings is 1. The van der Waals surface area contributed by atoms with Gasteiger partial charge in [-0.05, 0) is 61.4 Å². The van der Waals surface area contributed by atoms with Gasteiger partial charge < -0.3 is 0 Å². The highest BCUT2D eigenvalue weighted by atomic mass is 35.5. The third-order valence-corrected chi connectivity index (χ3v) is 6.98. The van der Waals surface area contributed by atoms with Gasteiger partial charge in [-0.15, -0.1) is 22.7 Å². The van der Waals surface area contributed by atoms with Gasteiger partial charge in [-0.2, -0.15) is 0 Å². The van der Waals surface area contributed by atoms with Crippen molar-refractivity contribution >= 4 is 34.3 Å². The molecule has 0 saturated carbocycles. The Bertz CT molecular complexity index is 816. The van der Waals surface area contributed by atoms with Crippen LogP contribution < -0.4 is 0 Å². The van der Waals surface area contributed by atoms with E-state index in [9.17, 15) is 0 Å². The molecule has 0 atom stereocenters. The summed E-state index contributed by atoms with van der Waals surface area (Å²) >= 11 is 10.1. The van der Waals surface area contributed by atoms with Crippen LogP contribution in [0.2, 0.25) is 5.02 Å². The summed E-state index contributed by atoms with van der Waals surface area (Å²) in [4.78, 5) is 7.19. The number of aryl methyl sites for hydroxylation is 2. The molecule has 2 heterocycles. The molecule has 2 aromatic heterocycles. The number of thiazole rings is 1. The second-order valence-electron chi connectivity index (χ2n) is 6.24. The Kier molecular flexibility index (Phi) is 4.63. The molecule has 0 aliphatic heterocycles. The SMILES string of the molecule is CCc1cc(Cl)c(C(C)(C)c2ncc(-c3cccs3)s2)cc1C. The number of aromatic nitrogens is 1. The molecule has 3 rings (SSSR count). The molecule has 0 N–H and O–H groups in total. The standard InChI is InChI=1S/C19H20ClNS2/c1-5-13-10-15(20)14(9-12(13)2)19(3,4)18-21-11-17(23-18)16-7-6-8-22-16/h6-11H,5H2,1-4H3. The van der Waals surface area contributed by atoms with Gasteiger partial charge in [-0.25, -0.2) is 4.98 Å². The largest absolute Gasteiger partial charge is 0.248 e. The molecule has 1 aromatic carbocycles. The maximum Gasteiger partial charge on any atom is 0.103 e. The van der Waals surface area contributed by atoms with E-state index in [2.05, 4.69) is 57.3 Å². The predicted molar refractivity (Wildman–Crippen MR) is 103 cm³/mol. The number of halogens is 1. The first-order valence-corrected chi connectivity index (χ1v) is 9.80. The molecule has 3 aromatic rings. The molecule has 0 aliphatic rings. The van der Waals surface area contributed by atoms with Gasteiger partial charge in [0.1, 0.15) is 5.01 Å². The van der Waals surface area contributed by atoms with Crippen molar-refractivity contribution in [3.05, 3.63) is 62.6 Å². The van der Waals surface area contributed by atoms with Crippen LogP contribution in [0.1, 0.15) is 42.5 Å². The van der Waals surface area contributed by atoms with Crippen molar-refractivity contribution in [2.24, 2.45) is 0 Å². The molecule has 0 unspecified atom stereocenters. The Morgan fingerprint density at radius 2 is 2.00 bits per heavy atom. The zero-order chi connectivity index (χ0) is 16.6. The molecule has 0 bridgehead atoms. The maximum absolute atomic E-state index is 6.60. The van der Waals surface area contributed by atoms with Gasteiger partial charge >= 0.3 is 0 Å². The van der Waals surface area contributed by atoms with E-state index in [4.69, 9.17) is 16.6 Å². The summed E-state index contributed by atoms with van der Waals surface area (Å²) in [6, 6.07) is 8.56. The summed E-state index contributed by atoms with van der Waals surface area (Å²) in [6.07, 6.45) is 2.99. The second kappa shape index (κ2) is 6.39. The lowest BCUT2D eigenvalue weighted by molar-refractivity contribution is 0.634. The molecule has 0 spiro atoms. The molecule has 0 aliphatic carbocycles. The highest BCUT2D eigenvalue weighted by Gasteiger charge is 2.29. The van der Waals surface area contributed by atoms with E-state index >= 15 is 0 Å². The molecular formula is C19H20ClNS2. The van der Waals surface area contributed by atoms with E-state index in [1.54, 1.807) is 22.7 Å². The van der Waals surface area contributed by atoms with Crippen molar-refractivity contribution in [1.29, 1.82) is 0 Å². The fraction of sp³-hybridized carbons (Fsp3) is 0.316. The molecule has 4 heteroatoms. The average Bonchev–Trinajstić information content (AvgIpc) is 3.19. The van der Waals surface area contributed by atoms with E-state index in [1.807, 2.05) is 6.20 Å². The quantitative estimate of drug-likeness (QED) is 0.502. The van der Waals surface area contributed by atoms with Crippen molar-refractivity contribution < 1.29 is 0 Å². The van der Waals surface area contributed by atoms with Crippen molar-refractivity contribution in [3.8, 4) is 9.75 Å². The Morgan fingerprint density at radius 1 is 1.22 bits per heavy atom. The van der Waals surface area contributed by atoms with Crippen LogP contribution in [0.3, 0.4) is 0 Å². The fourth-order valence-corrected chi connectivity index (χ4v) is 5.07. The third kappa shape index (κ3) is 3.10. The van der Waals surface area contributed by atoms with E-state index < -0.39 is 0 Å². The molecule has 0 saturated heterocycles. The normalized spacial score (nSPS) is 11.9. The summed E-state index contributed by atoms with van der Waals surface area (Å²) in [5.74, 6) is 0. The topological polar surface area (TPSA) is 12.9 Å². The number of nitrogens with zero attached hydrogens (tertiary/aromatic N) is 1. The van der Waals surface area contributed by atoms with Crippen LogP contribution in [-0.4, -0.2) is 4.98 Å². The van der Waals surface area contributed by atoms with Gasteiger partial charge in [0.25, 0.3) is 0 Å². The molecule has 0 fully saturated rings. The highest BCUT2D eigenvalue weighted by Crippen LogP contribution is 2.41. The molecule has 1 nitrogen and oxygen atoms in total. The van der Waals surface area contributed by atoms with Gasteiger partial charge in [-0.1, -0.05) is 30.7 Å². The van der Waals surface area contributed by atoms with Gasteiger partial charge in [-0.3, -0.25) is 0 Å². The maximum atomic E-state index is 6.60. The van der Waals surface area contributed by atoms with Crippen LogP contribution in [-0.2, 0) is 11.8 Å². The average molecular weight is 362 g/mol. The molecule has 120 valence electrons. The van der Waals surface area contributed by atoms with E-state index in [-0.39, 0.29) is 5.41 Å². The van der Waals surface area contributed by atoms with E-state index in [0.29, 0.717) is 0 Å². The molecule has 23 heavy (non-hydrogen) atoms. The molecular weight excluding hydrogens is 342 g/mol. The highest BCUT2D eigenvalue weighted by molar-refractivity contribution is 7.21. The first-order valence-electron chi connectivity index (χ1n) is 7.73. The number of benzene rings is 1. The number of hydrogen-bond acceptors (Lipinski definition) is 3. The van der Waals surface area contributed by atoms with Crippen LogP contribution in [0.15, 0.2) is 35.8 Å². The first-order chi connectivity index (χ1) is 10.9. The second-order valence-corrected chi connectivity index (χ2v) is 8.63. The molecule has 0 amide bonds. The van der Waals surface area contributed by atoms with Crippen LogP contribution in [0.25, 0.3) is 9.75 Å². The van der Waals surface area contributed by atoms with Crippen LogP contribution in [0.5, 0.6) is 0 Å². The summed E-state index contributed by atoms with van der Waals surface area (Å²) in [5, 5.41) is 4.04. The van der Waals surface area contributed by atoms with Gasteiger partial charge in [0, 0.05) is 21.5 Å². The Morgan fingerprint density at radius 3 is 2.65 bits per heavy atom. The predicted octanol–water partition coefficient (Wildman–Crippen LogP) is 6.72. The Balaban J connectivity index is 2.03. The van der Waals surface area contributed by atoms with Gasteiger partial charge in [0.15, 0.2) is 0 Å². The van der Waals surface area contributed by atoms with E-state index in [0.717, 1.165) is 22.0 Å². The van der Waals surface area contributed by atoms with Crippen LogP contribution in [0.4, 0.5) is 0 Å². The number of rotatable bonds is 4. The molecule has 0 radical (unpaired) electrons. The zero-order valence-corrected chi connectivity index (χ0v) is 16.2. The third-order valence-electron chi connectivity index (χ3n) is 4.28. The minimum Gasteiger partial charge on any atom is -0.248 e. The number of hydrogen-bond donors (Lipinski definition) is 0. The minimum absolute atomic E-state index is 0.200. The lowest BCUT2D eigenvalue weighted by atomic mass is 9.83. The summed E-state index contributed by atoms with van der Waals surface area (Å²) < 4.78 is 0.